The number of nitriles is 1. The second-order valence-corrected chi connectivity index (χ2v) is 8.72. The third kappa shape index (κ3) is 2.08. The zero-order valence-corrected chi connectivity index (χ0v) is 15.0. The van der Waals surface area contributed by atoms with E-state index in [4.69, 9.17) is 10.00 Å². The Labute approximate surface area is 156 Å². The van der Waals surface area contributed by atoms with E-state index in [1.54, 1.807) is 6.20 Å². The number of rotatable bonds is 3. The van der Waals surface area contributed by atoms with E-state index in [1.165, 1.54) is 0 Å². The van der Waals surface area contributed by atoms with Crippen molar-refractivity contribution in [2.45, 2.75) is 50.2 Å². The molecule has 7 rings (SSSR count). The normalized spacial score (nSPS) is 35.7. The average molecular weight is 363 g/mol. The number of pyridine rings is 1. The second-order valence-electron chi connectivity index (χ2n) is 8.72. The average Bonchev–Trinajstić information content (AvgIpc) is 3.23. The molecule has 2 aromatic heterocycles. The maximum Gasteiger partial charge on any atom is 0.326 e. The van der Waals surface area contributed by atoms with Gasteiger partial charge in [0.1, 0.15) is 12.3 Å². The molecule has 0 amide bonds. The highest BCUT2D eigenvalue weighted by Gasteiger charge is 2.57. The minimum atomic E-state index is -0.153. The minimum Gasteiger partial charge on any atom is -0.360 e. The van der Waals surface area contributed by atoms with Crippen molar-refractivity contribution in [1.82, 2.24) is 14.5 Å². The van der Waals surface area contributed by atoms with Gasteiger partial charge in [0.25, 0.3) is 0 Å². The number of aromatic nitrogens is 3. The van der Waals surface area contributed by atoms with E-state index in [0.29, 0.717) is 17.8 Å². The lowest BCUT2D eigenvalue weighted by atomic mass is 9.52. The number of aromatic amines is 1. The lowest BCUT2D eigenvalue weighted by Crippen LogP contribution is -2.57. The first kappa shape index (κ1) is 15.6. The van der Waals surface area contributed by atoms with Crippen LogP contribution in [0, 0.1) is 29.1 Å². The third-order valence-corrected chi connectivity index (χ3v) is 7.22. The van der Waals surface area contributed by atoms with E-state index < -0.39 is 0 Å². The van der Waals surface area contributed by atoms with Gasteiger partial charge in [0.2, 0.25) is 0 Å². The topological polar surface area (TPSA) is 96.1 Å². The molecular formula is C20H21N5O2. The van der Waals surface area contributed by atoms with Gasteiger partial charge in [-0.2, -0.15) is 5.26 Å². The molecule has 7 nitrogen and oxygen atoms in total. The van der Waals surface area contributed by atoms with Gasteiger partial charge in [0.05, 0.1) is 34.6 Å². The van der Waals surface area contributed by atoms with E-state index >= 15 is 0 Å². The molecule has 1 aliphatic heterocycles. The summed E-state index contributed by atoms with van der Waals surface area (Å²) >= 11 is 0. The Hall–Kier alpha value is -2.46. The highest BCUT2D eigenvalue weighted by molar-refractivity contribution is 5.93. The highest BCUT2D eigenvalue weighted by Crippen LogP contribution is 2.61. The van der Waals surface area contributed by atoms with E-state index in [0.717, 1.165) is 60.9 Å². The molecule has 4 aliphatic carbocycles. The number of fused-ring (bicyclic) bond motifs is 3. The molecule has 5 aliphatic rings. The van der Waals surface area contributed by atoms with Crippen LogP contribution in [-0.2, 0) is 11.2 Å². The summed E-state index contributed by atoms with van der Waals surface area (Å²) < 4.78 is 8.05. The molecule has 4 fully saturated rings. The molecule has 4 bridgehead atoms. The maximum absolute atomic E-state index is 13.0. The number of nitrogens with zero attached hydrogens (tertiary/aromatic N) is 4. The van der Waals surface area contributed by atoms with E-state index in [2.05, 4.69) is 21.0 Å². The number of nitrogens with one attached hydrogen (secondary N) is 1. The molecule has 5 atom stereocenters. The van der Waals surface area contributed by atoms with Crippen LogP contribution < -0.4 is 5.69 Å². The maximum atomic E-state index is 13.0. The molecule has 7 heteroatoms. The predicted molar refractivity (Wildman–Crippen MR) is 99.1 cm³/mol. The van der Waals surface area contributed by atoms with Crippen LogP contribution in [0.3, 0.4) is 0 Å². The summed E-state index contributed by atoms with van der Waals surface area (Å²) in [6.45, 7) is 0.164. The molecule has 3 unspecified atom stereocenters. The molecule has 4 saturated carbocycles. The Balaban J connectivity index is 1.47. The SMILES string of the molecule is N#CCOC12CC3C[C@H](C1)C(n1c(=O)[nH]c4cnc5c(c41)N=CC5)[C@@H](C3)C2. The highest BCUT2D eigenvalue weighted by atomic mass is 16.5. The summed E-state index contributed by atoms with van der Waals surface area (Å²) in [4.78, 5) is 25.0. The zero-order chi connectivity index (χ0) is 18.2. The predicted octanol–water partition coefficient (Wildman–Crippen LogP) is 2.64. The van der Waals surface area contributed by atoms with E-state index in [1.807, 2.05) is 10.8 Å². The Morgan fingerprint density at radius 2 is 2.15 bits per heavy atom. The molecular weight excluding hydrogens is 342 g/mol. The van der Waals surface area contributed by atoms with Gasteiger partial charge in [-0.15, -0.1) is 0 Å². The van der Waals surface area contributed by atoms with Crippen LogP contribution >= 0.6 is 0 Å². The van der Waals surface area contributed by atoms with Gasteiger partial charge < -0.3 is 9.72 Å². The minimum absolute atomic E-state index is 0.0493. The number of H-pyrrole nitrogens is 1. The molecule has 27 heavy (non-hydrogen) atoms. The molecule has 138 valence electrons. The van der Waals surface area contributed by atoms with Gasteiger partial charge >= 0.3 is 5.69 Å². The van der Waals surface area contributed by atoms with Crippen molar-refractivity contribution >= 4 is 22.9 Å². The molecule has 0 aromatic carbocycles. The van der Waals surface area contributed by atoms with Crippen LogP contribution in [-0.4, -0.2) is 33.0 Å². The van der Waals surface area contributed by atoms with Crippen LogP contribution in [0.2, 0.25) is 0 Å². The first-order valence-corrected chi connectivity index (χ1v) is 9.83. The molecule has 2 aromatic rings. The van der Waals surface area contributed by atoms with Crippen molar-refractivity contribution in [1.29, 1.82) is 5.26 Å². The summed E-state index contributed by atoms with van der Waals surface area (Å²) in [5, 5.41) is 8.97. The fourth-order valence-corrected chi connectivity index (χ4v) is 6.64. The number of hydrogen-bond acceptors (Lipinski definition) is 5. The van der Waals surface area contributed by atoms with Crippen LogP contribution in [0.1, 0.15) is 43.8 Å². The van der Waals surface area contributed by atoms with Crippen molar-refractivity contribution < 1.29 is 4.74 Å². The molecule has 0 radical (unpaired) electrons. The van der Waals surface area contributed by atoms with Crippen molar-refractivity contribution in [2.75, 3.05) is 6.61 Å². The monoisotopic (exact) mass is 363 g/mol. The van der Waals surface area contributed by atoms with Crippen LogP contribution in [0.5, 0.6) is 0 Å². The van der Waals surface area contributed by atoms with Crippen LogP contribution in [0.4, 0.5) is 5.69 Å². The van der Waals surface area contributed by atoms with Crippen LogP contribution in [0.25, 0.3) is 11.0 Å². The van der Waals surface area contributed by atoms with Gasteiger partial charge in [-0.05, 0) is 49.9 Å². The third-order valence-electron chi connectivity index (χ3n) is 7.22. The van der Waals surface area contributed by atoms with E-state index in [9.17, 15) is 4.79 Å². The number of hydrogen-bond donors (Lipinski definition) is 1. The first-order valence-electron chi connectivity index (χ1n) is 9.83. The Kier molecular flexibility index (Phi) is 3.05. The van der Waals surface area contributed by atoms with Gasteiger partial charge in [-0.3, -0.25) is 14.5 Å². The van der Waals surface area contributed by atoms with E-state index in [-0.39, 0.29) is 23.9 Å². The standard InChI is InChI=1S/C20H21N5O2/c21-2-4-27-20-7-11-5-12(8-20)17(13(6-11)9-20)25-18-15(24-19(25)26)10-23-14-1-3-22-16(14)18/h3,10-13,17H,1,4-9H2,(H,24,26)/t11?,12-,13+,17?,20?. The van der Waals surface area contributed by atoms with Gasteiger partial charge in [0.15, 0.2) is 0 Å². The van der Waals surface area contributed by atoms with Crippen molar-refractivity contribution in [3.63, 3.8) is 0 Å². The fraction of sp³-hybridized carbons (Fsp3) is 0.600. The Morgan fingerprint density at radius 3 is 2.93 bits per heavy atom. The van der Waals surface area contributed by atoms with Gasteiger partial charge in [-0.25, -0.2) is 4.79 Å². The number of imidazole rings is 1. The molecule has 3 heterocycles. The summed E-state index contributed by atoms with van der Waals surface area (Å²) in [7, 11) is 0. The summed E-state index contributed by atoms with van der Waals surface area (Å²) in [5.41, 5.74) is 3.31. The van der Waals surface area contributed by atoms with Crippen molar-refractivity contribution in [3.05, 3.63) is 22.4 Å². The van der Waals surface area contributed by atoms with Crippen LogP contribution in [0.15, 0.2) is 16.0 Å². The second kappa shape index (κ2) is 5.29. The Bertz CT molecular complexity index is 1060. The number of ether oxygens (including phenoxy) is 1. The summed E-state index contributed by atoms with van der Waals surface area (Å²) in [5.74, 6) is 1.49. The number of aliphatic imine (C=N–C) groups is 1. The zero-order valence-electron chi connectivity index (χ0n) is 15.0. The Morgan fingerprint density at radius 1 is 1.33 bits per heavy atom. The molecule has 0 saturated heterocycles. The van der Waals surface area contributed by atoms with Gasteiger partial charge in [-0.1, -0.05) is 0 Å². The lowest BCUT2D eigenvalue weighted by Gasteiger charge is -2.59. The summed E-state index contributed by atoms with van der Waals surface area (Å²) in [6.07, 6.45) is 9.64. The fourth-order valence-electron chi connectivity index (χ4n) is 6.64. The van der Waals surface area contributed by atoms with Crippen molar-refractivity contribution in [3.8, 4) is 6.07 Å². The van der Waals surface area contributed by atoms with Gasteiger partial charge in [0, 0.05) is 18.7 Å². The molecule has 1 N–H and O–H groups in total. The quantitative estimate of drug-likeness (QED) is 0.907. The largest absolute Gasteiger partial charge is 0.360 e. The van der Waals surface area contributed by atoms with Crippen molar-refractivity contribution in [2.24, 2.45) is 22.7 Å². The summed E-state index contributed by atoms with van der Waals surface area (Å²) in [6, 6.07) is 2.32. The lowest BCUT2D eigenvalue weighted by molar-refractivity contribution is -0.172. The molecule has 0 spiro atoms. The smallest absolute Gasteiger partial charge is 0.326 e. The first-order chi connectivity index (χ1) is 13.2.